The maximum absolute atomic E-state index is 11.3. The molecule has 5 nitrogen and oxygen atoms in total. The van der Waals surface area contributed by atoms with E-state index in [9.17, 15) is 13.2 Å². The lowest BCUT2D eigenvalue weighted by Crippen LogP contribution is -2.48. The molecule has 90 valence electrons. The summed E-state index contributed by atoms with van der Waals surface area (Å²) in [6.07, 6.45) is 1.68. The van der Waals surface area contributed by atoms with Crippen LogP contribution in [0.5, 0.6) is 0 Å². The number of amides is 1. The molecule has 1 amide bonds. The van der Waals surface area contributed by atoms with Crippen LogP contribution in [0.2, 0.25) is 0 Å². The van der Waals surface area contributed by atoms with Crippen LogP contribution < -0.4 is 11.1 Å². The van der Waals surface area contributed by atoms with E-state index in [1.807, 2.05) is 0 Å². The second-order valence-electron chi connectivity index (χ2n) is 4.26. The van der Waals surface area contributed by atoms with Crippen LogP contribution in [0.25, 0.3) is 0 Å². The second kappa shape index (κ2) is 4.94. The summed E-state index contributed by atoms with van der Waals surface area (Å²) < 4.78 is 21.7. The van der Waals surface area contributed by atoms with E-state index >= 15 is 0 Å². The maximum Gasteiger partial charge on any atom is 0.236 e. The van der Waals surface area contributed by atoms with Gasteiger partial charge in [0.2, 0.25) is 5.91 Å². The Morgan fingerprint density at radius 2 is 1.93 bits per heavy atom. The molecular formula is C9H20N2O3S. The van der Waals surface area contributed by atoms with Gasteiger partial charge in [-0.15, -0.1) is 0 Å². The monoisotopic (exact) mass is 236 g/mol. The van der Waals surface area contributed by atoms with E-state index in [2.05, 4.69) is 5.32 Å². The molecule has 15 heavy (non-hydrogen) atoms. The first kappa shape index (κ1) is 14.4. The van der Waals surface area contributed by atoms with Crippen molar-refractivity contribution in [2.75, 3.05) is 12.8 Å². The minimum Gasteiger partial charge on any atom is -0.353 e. The molecule has 0 heterocycles. The number of nitrogens with two attached hydrogens (primary N) is 1. The topological polar surface area (TPSA) is 89.3 Å². The van der Waals surface area contributed by atoms with Gasteiger partial charge >= 0.3 is 0 Å². The van der Waals surface area contributed by atoms with Gasteiger partial charge in [0, 0.05) is 12.8 Å². The highest BCUT2D eigenvalue weighted by Crippen LogP contribution is 2.13. The predicted octanol–water partition coefficient (Wildman–Crippen LogP) is -0.337. The third-order valence-corrected chi connectivity index (χ3v) is 4.62. The number of rotatable bonds is 5. The van der Waals surface area contributed by atoms with Crippen LogP contribution in [-0.2, 0) is 14.6 Å². The minimum atomic E-state index is -3.19. The molecule has 0 radical (unpaired) electrons. The lowest BCUT2D eigenvalue weighted by atomic mass is 10.2. The molecule has 0 spiro atoms. The summed E-state index contributed by atoms with van der Waals surface area (Å²) in [5.41, 5.74) is 5.49. The van der Waals surface area contributed by atoms with Gasteiger partial charge in [-0.25, -0.2) is 8.42 Å². The molecule has 0 saturated carbocycles. The molecular weight excluding hydrogens is 216 g/mol. The Bertz CT molecular complexity index is 322. The fraction of sp³-hybridized carbons (Fsp3) is 0.889. The van der Waals surface area contributed by atoms with Crippen molar-refractivity contribution in [1.82, 2.24) is 5.32 Å². The largest absolute Gasteiger partial charge is 0.353 e. The first-order chi connectivity index (χ1) is 6.62. The Kier molecular flexibility index (Phi) is 4.73. The predicted molar refractivity (Wildman–Crippen MR) is 60.2 cm³/mol. The average molecular weight is 236 g/mol. The van der Waals surface area contributed by atoms with Crippen molar-refractivity contribution >= 4 is 15.7 Å². The minimum absolute atomic E-state index is 0.0817. The summed E-state index contributed by atoms with van der Waals surface area (Å²) in [5.74, 6) is -0.311. The van der Waals surface area contributed by atoms with Crippen molar-refractivity contribution in [2.24, 2.45) is 5.73 Å². The molecule has 0 aliphatic rings. The molecule has 0 saturated heterocycles. The zero-order valence-corrected chi connectivity index (χ0v) is 10.5. The molecule has 0 unspecified atom stereocenters. The Morgan fingerprint density at radius 1 is 1.47 bits per heavy atom. The molecule has 0 bridgehead atoms. The van der Waals surface area contributed by atoms with Crippen LogP contribution in [0.15, 0.2) is 0 Å². The summed E-state index contributed by atoms with van der Waals surface area (Å²) >= 11 is 0. The summed E-state index contributed by atoms with van der Waals surface area (Å²) in [7, 11) is -3.19. The van der Waals surface area contributed by atoms with E-state index in [4.69, 9.17) is 5.73 Å². The van der Waals surface area contributed by atoms with Gasteiger partial charge in [0.25, 0.3) is 0 Å². The van der Waals surface area contributed by atoms with Crippen molar-refractivity contribution < 1.29 is 13.2 Å². The highest BCUT2D eigenvalue weighted by molar-refractivity contribution is 7.92. The van der Waals surface area contributed by atoms with Crippen LogP contribution in [0, 0.1) is 0 Å². The summed E-state index contributed by atoms with van der Waals surface area (Å²) in [6.45, 7) is 5.02. The van der Waals surface area contributed by atoms with Gasteiger partial charge in [-0.1, -0.05) is 6.92 Å². The van der Waals surface area contributed by atoms with Crippen molar-refractivity contribution in [2.45, 2.75) is 38.0 Å². The van der Waals surface area contributed by atoms with Crippen LogP contribution in [0.4, 0.5) is 0 Å². The van der Waals surface area contributed by atoms with Gasteiger partial charge in [0.15, 0.2) is 9.84 Å². The van der Waals surface area contributed by atoms with Crippen LogP contribution in [0.1, 0.15) is 27.2 Å². The van der Waals surface area contributed by atoms with Gasteiger partial charge in [-0.2, -0.15) is 0 Å². The van der Waals surface area contributed by atoms with E-state index in [1.54, 1.807) is 20.8 Å². The summed E-state index contributed by atoms with van der Waals surface area (Å²) in [6, 6.07) is -0.569. The molecule has 0 aliphatic carbocycles. The molecule has 3 N–H and O–H groups in total. The zero-order chi connectivity index (χ0) is 12.3. The number of nitrogens with one attached hydrogen (secondary N) is 1. The van der Waals surface area contributed by atoms with E-state index in [0.717, 1.165) is 6.26 Å². The molecule has 0 fully saturated rings. The molecule has 0 aromatic carbocycles. The van der Waals surface area contributed by atoms with Crippen LogP contribution in [0.3, 0.4) is 0 Å². The maximum atomic E-state index is 11.3. The van der Waals surface area contributed by atoms with Crippen LogP contribution in [-0.4, -0.2) is 37.9 Å². The first-order valence-corrected chi connectivity index (χ1v) is 6.74. The van der Waals surface area contributed by atoms with E-state index < -0.39 is 20.6 Å². The van der Waals surface area contributed by atoms with Crippen LogP contribution >= 0.6 is 0 Å². The smallest absolute Gasteiger partial charge is 0.236 e. The van der Waals surface area contributed by atoms with Gasteiger partial charge in [0.1, 0.15) is 0 Å². The first-order valence-electron chi connectivity index (χ1n) is 4.84. The molecule has 0 aromatic rings. The highest BCUT2D eigenvalue weighted by atomic mass is 32.2. The number of hydrogen-bond donors (Lipinski definition) is 2. The Labute approximate surface area is 91.3 Å². The molecule has 0 rings (SSSR count). The standard InChI is InChI=1S/C9H20N2O3S/c1-5-7(10)8(12)11-6-9(2,3)15(4,13)14/h7H,5-6,10H2,1-4H3,(H,11,12)/t7-/m1/s1. The Balaban J connectivity index is 4.35. The third kappa shape index (κ3) is 4.17. The molecule has 1 atom stereocenters. The number of carbonyl (C=O) groups is 1. The van der Waals surface area contributed by atoms with Gasteiger partial charge in [-0.05, 0) is 20.3 Å². The zero-order valence-electron chi connectivity index (χ0n) is 9.70. The lowest BCUT2D eigenvalue weighted by molar-refractivity contribution is -0.122. The number of carbonyl (C=O) groups excluding carboxylic acids is 1. The fourth-order valence-electron chi connectivity index (χ4n) is 0.748. The van der Waals surface area contributed by atoms with Crippen molar-refractivity contribution in [3.8, 4) is 0 Å². The van der Waals surface area contributed by atoms with Gasteiger partial charge in [-0.3, -0.25) is 4.79 Å². The van der Waals surface area contributed by atoms with Crippen molar-refractivity contribution in [3.63, 3.8) is 0 Å². The third-order valence-electron chi connectivity index (χ3n) is 2.47. The normalized spacial score (nSPS) is 14.7. The summed E-state index contributed by atoms with van der Waals surface area (Å²) in [4.78, 5) is 11.3. The van der Waals surface area contributed by atoms with Gasteiger partial charge in [0.05, 0.1) is 10.8 Å². The van der Waals surface area contributed by atoms with Gasteiger partial charge < -0.3 is 11.1 Å². The highest BCUT2D eigenvalue weighted by Gasteiger charge is 2.30. The van der Waals surface area contributed by atoms with E-state index in [0.29, 0.717) is 6.42 Å². The lowest BCUT2D eigenvalue weighted by Gasteiger charge is -2.23. The average Bonchev–Trinajstić information content (AvgIpc) is 2.11. The van der Waals surface area contributed by atoms with E-state index in [-0.39, 0.29) is 12.5 Å². The number of hydrogen-bond acceptors (Lipinski definition) is 4. The SMILES string of the molecule is CC[C@@H](N)C(=O)NCC(C)(C)S(C)(=O)=O. The van der Waals surface area contributed by atoms with Crippen molar-refractivity contribution in [1.29, 1.82) is 0 Å². The molecule has 6 heteroatoms. The van der Waals surface area contributed by atoms with E-state index in [1.165, 1.54) is 0 Å². The Hall–Kier alpha value is -0.620. The molecule has 0 aliphatic heterocycles. The summed E-state index contributed by atoms with van der Waals surface area (Å²) in [5, 5.41) is 2.54. The quantitative estimate of drug-likeness (QED) is 0.683. The molecule has 0 aromatic heterocycles. The van der Waals surface area contributed by atoms with Crippen molar-refractivity contribution in [3.05, 3.63) is 0 Å². The Morgan fingerprint density at radius 3 is 2.27 bits per heavy atom. The number of sulfone groups is 1. The second-order valence-corrected chi connectivity index (χ2v) is 6.91. The fourth-order valence-corrected chi connectivity index (χ4v) is 1.08.